The van der Waals surface area contributed by atoms with Crippen molar-refractivity contribution in [3.63, 3.8) is 0 Å². The highest BCUT2D eigenvalue weighted by Gasteiger charge is 2.14. The quantitative estimate of drug-likeness (QED) is 0.421. The van der Waals surface area contributed by atoms with Crippen LogP contribution in [0.25, 0.3) is 0 Å². The Bertz CT molecular complexity index is 1200. The molecular formula is C24H23FN4O3. The molecule has 164 valence electrons. The second-order valence-corrected chi connectivity index (χ2v) is 7.63. The second kappa shape index (κ2) is 9.47. The van der Waals surface area contributed by atoms with E-state index in [9.17, 15) is 9.18 Å². The molecule has 4 aromatic rings. The van der Waals surface area contributed by atoms with E-state index in [4.69, 9.17) is 9.15 Å². The number of anilines is 1. The van der Waals surface area contributed by atoms with Crippen LogP contribution in [0.4, 0.5) is 10.3 Å². The number of rotatable bonds is 8. The zero-order valence-electron chi connectivity index (χ0n) is 17.8. The van der Waals surface area contributed by atoms with Gasteiger partial charge in [0.15, 0.2) is 5.76 Å². The van der Waals surface area contributed by atoms with Gasteiger partial charge in [-0.1, -0.05) is 38.1 Å². The Hall–Kier alpha value is -3.94. The SMILES string of the molecule is CC(C)c1ccc(OCc2ccc(C(=O)Nc3ncn(Cc4cccc(F)c4)n3)o2)cc1. The molecule has 0 bridgehead atoms. The van der Waals surface area contributed by atoms with Gasteiger partial charge in [0.1, 0.15) is 30.3 Å². The molecule has 7 nitrogen and oxygen atoms in total. The van der Waals surface area contributed by atoms with Crippen LogP contribution in [0.15, 0.2) is 71.4 Å². The molecule has 1 amide bonds. The summed E-state index contributed by atoms with van der Waals surface area (Å²) in [6.45, 7) is 4.81. The minimum atomic E-state index is -0.471. The molecule has 0 unspecified atom stereocenters. The third-order valence-corrected chi connectivity index (χ3v) is 4.81. The van der Waals surface area contributed by atoms with Crippen LogP contribution in [-0.2, 0) is 13.2 Å². The van der Waals surface area contributed by atoms with Crippen molar-refractivity contribution in [2.75, 3.05) is 5.32 Å². The molecule has 0 aliphatic carbocycles. The second-order valence-electron chi connectivity index (χ2n) is 7.63. The Balaban J connectivity index is 1.31. The first-order valence-electron chi connectivity index (χ1n) is 10.2. The van der Waals surface area contributed by atoms with Gasteiger partial charge in [-0.3, -0.25) is 10.1 Å². The third kappa shape index (κ3) is 5.40. The fourth-order valence-electron chi connectivity index (χ4n) is 3.09. The number of halogens is 1. The highest BCUT2D eigenvalue weighted by atomic mass is 19.1. The van der Waals surface area contributed by atoms with Crippen molar-refractivity contribution in [1.82, 2.24) is 14.8 Å². The number of furan rings is 1. The van der Waals surface area contributed by atoms with E-state index in [0.717, 1.165) is 11.3 Å². The Morgan fingerprint density at radius 2 is 1.97 bits per heavy atom. The zero-order chi connectivity index (χ0) is 22.5. The Labute approximate surface area is 184 Å². The van der Waals surface area contributed by atoms with E-state index in [1.165, 1.54) is 28.7 Å². The van der Waals surface area contributed by atoms with Gasteiger partial charge in [0, 0.05) is 0 Å². The van der Waals surface area contributed by atoms with E-state index in [1.807, 2.05) is 24.3 Å². The lowest BCUT2D eigenvalue weighted by Crippen LogP contribution is -2.12. The molecule has 0 spiro atoms. The van der Waals surface area contributed by atoms with Crippen molar-refractivity contribution >= 4 is 11.9 Å². The molecule has 2 heterocycles. The van der Waals surface area contributed by atoms with Gasteiger partial charge in [0.2, 0.25) is 5.95 Å². The maximum atomic E-state index is 13.3. The number of aromatic nitrogens is 3. The molecule has 0 radical (unpaired) electrons. The van der Waals surface area contributed by atoms with Crippen LogP contribution >= 0.6 is 0 Å². The maximum absolute atomic E-state index is 13.3. The summed E-state index contributed by atoms with van der Waals surface area (Å²) in [6, 6.07) is 17.4. The fraction of sp³-hybridized carbons (Fsp3) is 0.208. The molecule has 0 aliphatic heterocycles. The number of benzene rings is 2. The van der Waals surface area contributed by atoms with Crippen LogP contribution in [0.1, 0.15) is 47.2 Å². The number of nitrogens with zero attached hydrogens (tertiary/aromatic N) is 3. The van der Waals surface area contributed by atoms with E-state index >= 15 is 0 Å². The van der Waals surface area contributed by atoms with Gasteiger partial charge in [-0.15, -0.1) is 5.10 Å². The van der Waals surface area contributed by atoms with Crippen LogP contribution in [0.5, 0.6) is 5.75 Å². The summed E-state index contributed by atoms with van der Waals surface area (Å²) in [4.78, 5) is 16.5. The van der Waals surface area contributed by atoms with Gasteiger partial charge in [-0.2, -0.15) is 0 Å². The topological polar surface area (TPSA) is 82.2 Å². The number of hydrogen-bond acceptors (Lipinski definition) is 5. The summed E-state index contributed by atoms with van der Waals surface area (Å²) in [5.41, 5.74) is 1.98. The van der Waals surface area contributed by atoms with Crippen LogP contribution in [0, 0.1) is 5.82 Å². The van der Waals surface area contributed by atoms with Crippen LogP contribution < -0.4 is 10.1 Å². The van der Waals surface area contributed by atoms with Crippen LogP contribution in [0.3, 0.4) is 0 Å². The van der Waals surface area contributed by atoms with Crippen molar-refractivity contribution in [1.29, 1.82) is 0 Å². The van der Waals surface area contributed by atoms with Crippen molar-refractivity contribution in [3.8, 4) is 5.75 Å². The monoisotopic (exact) mass is 434 g/mol. The van der Waals surface area contributed by atoms with Crippen molar-refractivity contribution < 1.29 is 18.3 Å². The average molecular weight is 434 g/mol. The highest BCUT2D eigenvalue weighted by Crippen LogP contribution is 2.20. The maximum Gasteiger partial charge on any atom is 0.293 e. The van der Waals surface area contributed by atoms with Gasteiger partial charge in [0.05, 0.1) is 6.54 Å². The number of amides is 1. The van der Waals surface area contributed by atoms with E-state index in [-0.39, 0.29) is 24.1 Å². The number of ether oxygens (including phenoxy) is 1. The Kier molecular flexibility index (Phi) is 6.30. The van der Waals surface area contributed by atoms with Crippen molar-refractivity contribution in [2.24, 2.45) is 0 Å². The minimum Gasteiger partial charge on any atom is -0.486 e. The normalized spacial score (nSPS) is 11.0. The molecule has 4 rings (SSSR count). The highest BCUT2D eigenvalue weighted by molar-refractivity contribution is 6.01. The van der Waals surface area contributed by atoms with E-state index in [2.05, 4.69) is 29.2 Å². The number of carbonyl (C=O) groups excluding carboxylic acids is 1. The predicted octanol–water partition coefficient (Wildman–Crippen LogP) is 5.01. The van der Waals surface area contributed by atoms with Crippen LogP contribution in [-0.4, -0.2) is 20.7 Å². The summed E-state index contributed by atoms with van der Waals surface area (Å²) in [5, 5.41) is 6.78. The number of carbonyl (C=O) groups is 1. The summed E-state index contributed by atoms with van der Waals surface area (Å²) in [7, 11) is 0. The van der Waals surface area contributed by atoms with E-state index < -0.39 is 5.91 Å². The average Bonchev–Trinajstić information content (AvgIpc) is 3.42. The lowest BCUT2D eigenvalue weighted by Gasteiger charge is -2.07. The zero-order valence-corrected chi connectivity index (χ0v) is 17.8. The molecule has 8 heteroatoms. The Morgan fingerprint density at radius 1 is 1.16 bits per heavy atom. The van der Waals surface area contributed by atoms with Gasteiger partial charge in [-0.05, 0) is 53.4 Å². The third-order valence-electron chi connectivity index (χ3n) is 4.81. The lowest BCUT2D eigenvalue weighted by molar-refractivity contribution is 0.0991. The lowest BCUT2D eigenvalue weighted by atomic mass is 10.0. The van der Waals surface area contributed by atoms with Gasteiger partial charge >= 0.3 is 0 Å². The molecule has 0 saturated carbocycles. The molecule has 2 aromatic carbocycles. The number of nitrogens with one attached hydrogen (secondary N) is 1. The predicted molar refractivity (Wildman–Crippen MR) is 117 cm³/mol. The summed E-state index contributed by atoms with van der Waals surface area (Å²) < 4.78 is 26.1. The van der Waals surface area contributed by atoms with E-state index in [0.29, 0.717) is 18.2 Å². The molecule has 0 saturated heterocycles. The summed E-state index contributed by atoms with van der Waals surface area (Å²) in [5.74, 6) is 1.17. The molecule has 0 atom stereocenters. The standard InChI is InChI=1S/C24H23FN4O3/c1-16(2)18-6-8-20(9-7-18)31-14-21-10-11-22(32-21)23(30)27-24-26-15-29(28-24)13-17-4-3-5-19(25)12-17/h3-12,15-16H,13-14H2,1-2H3,(H,27,28,30). The van der Waals surface area contributed by atoms with Gasteiger partial charge in [0.25, 0.3) is 5.91 Å². The summed E-state index contributed by atoms with van der Waals surface area (Å²) >= 11 is 0. The Morgan fingerprint density at radius 3 is 2.72 bits per heavy atom. The molecule has 2 aromatic heterocycles. The molecule has 0 fully saturated rings. The number of hydrogen-bond donors (Lipinski definition) is 1. The first kappa shape index (κ1) is 21.3. The van der Waals surface area contributed by atoms with Gasteiger partial charge < -0.3 is 9.15 Å². The first-order valence-corrected chi connectivity index (χ1v) is 10.2. The van der Waals surface area contributed by atoms with E-state index in [1.54, 1.807) is 24.3 Å². The molecule has 1 N–H and O–H groups in total. The molecular weight excluding hydrogens is 411 g/mol. The molecule has 0 aliphatic rings. The first-order chi connectivity index (χ1) is 15.5. The van der Waals surface area contributed by atoms with Gasteiger partial charge in [-0.25, -0.2) is 14.1 Å². The smallest absolute Gasteiger partial charge is 0.293 e. The molecule has 32 heavy (non-hydrogen) atoms. The van der Waals surface area contributed by atoms with Crippen molar-refractivity contribution in [2.45, 2.75) is 32.9 Å². The fourth-order valence-corrected chi connectivity index (χ4v) is 3.09. The van der Waals surface area contributed by atoms with Crippen LogP contribution in [0.2, 0.25) is 0 Å². The minimum absolute atomic E-state index is 0.125. The summed E-state index contributed by atoms with van der Waals surface area (Å²) in [6.07, 6.45) is 1.46. The van der Waals surface area contributed by atoms with Crippen molar-refractivity contribution in [3.05, 3.63) is 95.5 Å². The largest absolute Gasteiger partial charge is 0.486 e.